The molecule has 0 saturated carbocycles. The van der Waals surface area contributed by atoms with Crippen LogP contribution in [0.4, 0.5) is 10.1 Å². The van der Waals surface area contributed by atoms with Gasteiger partial charge < -0.3 is 5.73 Å². The first-order chi connectivity index (χ1) is 6.77. The molecule has 0 heterocycles. The Balaban J connectivity index is 0.00000112. The van der Waals surface area contributed by atoms with Crippen LogP contribution >= 0.6 is 12.4 Å². The van der Waals surface area contributed by atoms with Gasteiger partial charge in [0.15, 0.2) is 0 Å². The van der Waals surface area contributed by atoms with Crippen LogP contribution < -0.4 is 5.73 Å². The van der Waals surface area contributed by atoms with Crippen molar-refractivity contribution in [1.82, 2.24) is 0 Å². The van der Waals surface area contributed by atoms with Crippen molar-refractivity contribution < 1.29 is 4.39 Å². The average Bonchev–Trinajstić information content (AvgIpc) is 2.23. The number of hydrogen-bond acceptors (Lipinski definition) is 1. The first-order valence-corrected chi connectivity index (χ1v) is 4.38. The lowest BCUT2D eigenvalue weighted by Gasteiger charge is -2.05. The molecule has 1 nitrogen and oxygen atoms in total. The molecule has 0 spiro atoms. The predicted molar refractivity (Wildman–Crippen MR) is 63.5 cm³/mol. The van der Waals surface area contributed by atoms with Crippen LogP contribution in [0.3, 0.4) is 0 Å². The maximum atomic E-state index is 13.0. The predicted octanol–water partition coefficient (Wildman–Crippen LogP) is 3.50. The molecule has 2 rings (SSSR count). The van der Waals surface area contributed by atoms with Crippen molar-refractivity contribution in [2.75, 3.05) is 5.73 Å². The molecule has 0 unspecified atom stereocenters. The Bertz CT molecular complexity index is 443. The van der Waals surface area contributed by atoms with Gasteiger partial charge in [0.05, 0.1) is 0 Å². The molecule has 15 heavy (non-hydrogen) atoms. The molecule has 0 aliphatic carbocycles. The molecule has 0 atom stereocenters. The number of benzene rings is 2. The molecule has 0 radical (unpaired) electrons. The van der Waals surface area contributed by atoms with Gasteiger partial charge in [0.2, 0.25) is 0 Å². The molecule has 78 valence electrons. The summed E-state index contributed by atoms with van der Waals surface area (Å²) in [5.74, 6) is -0.266. The quantitative estimate of drug-likeness (QED) is 0.736. The molecule has 3 heteroatoms. The number of nitrogen functional groups attached to an aromatic ring is 1. The fraction of sp³-hybridized carbons (Fsp3) is 0. The van der Waals surface area contributed by atoms with E-state index in [9.17, 15) is 4.39 Å². The van der Waals surface area contributed by atoms with E-state index < -0.39 is 0 Å². The van der Waals surface area contributed by atoms with Crippen LogP contribution in [-0.2, 0) is 0 Å². The van der Waals surface area contributed by atoms with E-state index in [2.05, 4.69) is 0 Å². The Hall–Kier alpha value is -1.54. The zero-order valence-electron chi connectivity index (χ0n) is 7.98. The van der Waals surface area contributed by atoms with Gasteiger partial charge in [-0.05, 0) is 23.8 Å². The Kier molecular flexibility index (Phi) is 3.69. The van der Waals surface area contributed by atoms with E-state index in [1.807, 2.05) is 30.3 Å². The summed E-state index contributed by atoms with van der Waals surface area (Å²) in [4.78, 5) is 0. The summed E-state index contributed by atoms with van der Waals surface area (Å²) in [6, 6.07) is 13.9. The van der Waals surface area contributed by atoms with Crippen LogP contribution in [0.15, 0.2) is 48.5 Å². The van der Waals surface area contributed by atoms with Gasteiger partial charge >= 0.3 is 0 Å². The second-order valence-electron chi connectivity index (χ2n) is 3.10. The highest BCUT2D eigenvalue weighted by atomic mass is 35.5. The van der Waals surface area contributed by atoms with Gasteiger partial charge in [-0.1, -0.05) is 30.3 Å². The number of anilines is 1. The minimum absolute atomic E-state index is 0. The number of nitrogens with two attached hydrogens (primary N) is 1. The second-order valence-corrected chi connectivity index (χ2v) is 3.10. The lowest BCUT2D eigenvalue weighted by molar-refractivity contribution is 0.628. The van der Waals surface area contributed by atoms with Crippen molar-refractivity contribution in [1.29, 1.82) is 0 Å². The third kappa shape index (κ3) is 2.48. The molecule has 0 aromatic heterocycles. The van der Waals surface area contributed by atoms with Crippen LogP contribution in [0.5, 0.6) is 0 Å². The zero-order valence-corrected chi connectivity index (χ0v) is 8.80. The van der Waals surface area contributed by atoms with Gasteiger partial charge in [-0.3, -0.25) is 0 Å². The van der Waals surface area contributed by atoms with Crippen molar-refractivity contribution in [2.24, 2.45) is 0 Å². The van der Waals surface area contributed by atoms with Crippen molar-refractivity contribution in [3.8, 4) is 11.1 Å². The van der Waals surface area contributed by atoms with E-state index in [0.29, 0.717) is 5.69 Å². The van der Waals surface area contributed by atoms with E-state index in [1.165, 1.54) is 12.1 Å². The summed E-state index contributed by atoms with van der Waals surface area (Å²) in [6.45, 7) is 0. The van der Waals surface area contributed by atoms with Gasteiger partial charge in [-0.25, -0.2) is 4.39 Å². The number of rotatable bonds is 1. The molecule has 0 aliphatic rings. The van der Waals surface area contributed by atoms with Gasteiger partial charge in [-0.15, -0.1) is 12.4 Å². The number of halogens is 2. The van der Waals surface area contributed by atoms with Crippen LogP contribution in [-0.4, -0.2) is 0 Å². The van der Waals surface area contributed by atoms with Crippen LogP contribution in [0.25, 0.3) is 11.1 Å². The van der Waals surface area contributed by atoms with Gasteiger partial charge in [-0.2, -0.15) is 0 Å². The van der Waals surface area contributed by atoms with Gasteiger partial charge in [0.1, 0.15) is 5.82 Å². The topological polar surface area (TPSA) is 26.0 Å². The third-order valence-electron chi connectivity index (χ3n) is 2.10. The first-order valence-electron chi connectivity index (χ1n) is 4.38. The molecule has 0 bridgehead atoms. The fourth-order valence-electron chi connectivity index (χ4n) is 1.40. The van der Waals surface area contributed by atoms with Crippen molar-refractivity contribution >= 4 is 18.1 Å². The maximum absolute atomic E-state index is 13.0. The lowest BCUT2D eigenvalue weighted by atomic mass is 10.0. The summed E-state index contributed by atoms with van der Waals surface area (Å²) in [5.41, 5.74) is 8.03. The normalized spacial score (nSPS) is 9.40. The Morgan fingerprint density at radius 1 is 0.933 bits per heavy atom. The molecule has 0 aliphatic heterocycles. The highest BCUT2D eigenvalue weighted by Crippen LogP contribution is 2.25. The van der Waals surface area contributed by atoms with Gasteiger partial charge in [0, 0.05) is 11.3 Å². The first kappa shape index (κ1) is 11.5. The molecular weight excluding hydrogens is 213 g/mol. The summed E-state index contributed by atoms with van der Waals surface area (Å²) < 4.78 is 13.0. The molecule has 0 fully saturated rings. The van der Waals surface area contributed by atoms with Crippen molar-refractivity contribution in [2.45, 2.75) is 0 Å². The van der Waals surface area contributed by atoms with E-state index in [4.69, 9.17) is 5.73 Å². The third-order valence-corrected chi connectivity index (χ3v) is 2.10. The van der Waals surface area contributed by atoms with Crippen LogP contribution in [0, 0.1) is 5.82 Å². The minimum Gasteiger partial charge on any atom is -0.398 e. The fourth-order valence-corrected chi connectivity index (χ4v) is 1.40. The van der Waals surface area contributed by atoms with E-state index >= 15 is 0 Å². The highest BCUT2D eigenvalue weighted by Gasteiger charge is 2.02. The van der Waals surface area contributed by atoms with Crippen molar-refractivity contribution in [3.63, 3.8) is 0 Å². The second kappa shape index (κ2) is 4.80. The molecule has 0 saturated heterocycles. The summed E-state index contributed by atoms with van der Waals surface area (Å²) in [5, 5.41) is 0. The summed E-state index contributed by atoms with van der Waals surface area (Å²) in [6.07, 6.45) is 0. The van der Waals surface area contributed by atoms with Crippen LogP contribution in [0.1, 0.15) is 0 Å². The number of hydrogen-bond donors (Lipinski definition) is 1. The Labute approximate surface area is 94.1 Å². The SMILES string of the molecule is Cl.Nc1ccc(F)cc1-c1ccccc1. The molecule has 2 N–H and O–H groups in total. The van der Waals surface area contributed by atoms with Crippen molar-refractivity contribution in [3.05, 3.63) is 54.3 Å². The lowest BCUT2D eigenvalue weighted by Crippen LogP contribution is -1.90. The Morgan fingerprint density at radius 2 is 1.60 bits per heavy atom. The largest absolute Gasteiger partial charge is 0.398 e. The molecular formula is C12H11ClFN. The van der Waals surface area contributed by atoms with Gasteiger partial charge in [0.25, 0.3) is 0 Å². The Morgan fingerprint density at radius 3 is 2.27 bits per heavy atom. The average molecular weight is 224 g/mol. The summed E-state index contributed by atoms with van der Waals surface area (Å²) >= 11 is 0. The highest BCUT2D eigenvalue weighted by molar-refractivity contribution is 5.85. The van der Waals surface area contributed by atoms with E-state index in [-0.39, 0.29) is 18.2 Å². The van der Waals surface area contributed by atoms with E-state index in [0.717, 1.165) is 11.1 Å². The maximum Gasteiger partial charge on any atom is 0.123 e. The smallest absolute Gasteiger partial charge is 0.123 e. The zero-order chi connectivity index (χ0) is 9.97. The molecule has 2 aromatic rings. The molecule has 0 amide bonds. The monoisotopic (exact) mass is 223 g/mol. The molecule has 2 aromatic carbocycles. The standard InChI is InChI=1S/C12H10FN.ClH/c13-10-6-7-12(14)11(8-10)9-4-2-1-3-5-9;/h1-8H,14H2;1H. The summed E-state index contributed by atoms with van der Waals surface area (Å²) in [7, 11) is 0. The minimum atomic E-state index is -0.266. The van der Waals surface area contributed by atoms with Crippen LogP contribution in [0.2, 0.25) is 0 Å². The van der Waals surface area contributed by atoms with E-state index in [1.54, 1.807) is 6.07 Å².